The van der Waals surface area contributed by atoms with E-state index in [4.69, 9.17) is 0 Å². The van der Waals surface area contributed by atoms with E-state index in [-0.39, 0.29) is 5.91 Å². The molecular formula is C19H22N4OS. The normalized spacial score (nSPS) is 10.9. The molecular weight excluding hydrogens is 332 g/mol. The summed E-state index contributed by atoms with van der Waals surface area (Å²) in [4.78, 5) is 18.0. The van der Waals surface area contributed by atoms with Gasteiger partial charge in [-0.1, -0.05) is 30.3 Å². The molecule has 6 heteroatoms. The van der Waals surface area contributed by atoms with Gasteiger partial charge in [0.15, 0.2) is 0 Å². The lowest BCUT2D eigenvalue weighted by Gasteiger charge is -2.06. The van der Waals surface area contributed by atoms with Crippen LogP contribution in [0.4, 0.5) is 0 Å². The standard InChI is InChI=1S/C19H22N4OS/c1-5-23-13(3)16(12(2)22-23)11-20-19(24)18-17(21-14(4)25-18)15-9-7-6-8-10-15/h6-10H,5,11H2,1-4H3,(H,20,24). The Morgan fingerprint density at radius 3 is 2.56 bits per heavy atom. The van der Waals surface area contributed by atoms with Crippen molar-refractivity contribution in [3.05, 3.63) is 57.2 Å². The molecule has 0 aliphatic carbocycles. The highest BCUT2D eigenvalue weighted by atomic mass is 32.1. The van der Waals surface area contributed by atoms with Crippen LogP contribution in [0.1, 0.15) is 38.6 Å². The average Bonchev–Trinajstić information content (AvgIpc) is 3.14. The summed E-state index contributed by atoms with van der Waals surface area (Å²) in [6.07, 6.45) is 0. The Labute approximate surface area is 151 Å². The summed E-state index contributed by atoms with van der Waals surface area (Å²) in [7, 11) is 0. The lowest BCUT2D eigenvalue weighted by molar-refractivity contribution is 0.0955. The topological polar surface area (TPSA) is 59.8 Å². The monoisotopic (exact) mass is 354 g/mol. The van der Waals surface area contributed by atoms with E-state index in [0.29, 0.717) is 11.4 Å². The minimum Gasteiger partial charge on any atom is -0.347 e. The van der Waals surface area contributed by atoms with Crippen molar-refractivity contribution in [2.45, 2.75) is 40.8 Å². The summed E-state index contributed by atoms with van der Waals surface area (Å²) in [6, 6.07) is 9.82. The van der Waals surface area contributed by atoms with E-state index in [0.717, 1.165) is 39.8 Å². The van der Waals surface area contributed by atoms with Crippen LogP contribution < -0.4 is 5.32 Å². The molecule has 1 N–H and O–H groups in total. The highest BCUT2D eigenvalue weighted by Gasteiger charge is 2.19. The molecule has 2 heterocycles. The van der Waals surface area contributed by atoms with Gasteiger partial charge in [-0.15, -0.1) is 11.3 Å². The zero-order valence-electron chi connectivity index (χ0n) is 15.0. The van der Waals surface area contributed by atoms with Gasteiger partial charge in [-0.05, 0) is 27.7 Å². The van der Waals surface area contributed by atoms with Gasteiger partial charge in [0.1, 0.15) is 4.88 Å². The third kappa shape index (κ3) is 3.49. The summed E-state index contributed by atoms with van der Waals surface area (Å²) in [5.41, 5.74) is 4.85. The van der Waals surface area contributed by atoms with Gasteiger partial charge in [-0.3, -0.25) is 9.48 Å². The molecule has 0 aliphatic rings. The molecule has 0 unspecified atom stereocenters. The number of rotatable bonds is 5. The van der Waals surface area contributed by atoms with Crippen LogP contribution in [0.15, 0.2) is 30.3 Å². The molecule has 0 atom stereocenters. The van der Waals surface area contributed by atoms with E-state index in [1.165, 1.54) is 11.3 Å². The maximum Gasteiger partial charge on any atom is 0.263 e. The third-order valence-corrected chi connectivity index (χ3v) is 5.21. The number of hydrogen-bond donors (Lipinski definition) is 1. The Hall–Kier alpha value is -2.47. The molecule has 0 aliphatic heterocycles. The van der Waals surface area contributed by atoms with Crippen molar-refractivity contribution in [3.63, 3.8) is 0 Å². The fourth-order valence-electron chi connectivity index (χ4n) is 2.92. The molecule has 0 radical (unpaired) electrons. The number of thiazole rings is 1. The Balaban J connectivity index is 1.82. The molecule has 5 nitrogen and oxygen atoms in total. The number of benzene rings is 1. The number of carbonyl (C=O) groups excluding carboxylic acids is 1. The molecule has 25 heavy (non-hydrogen) atoms. The minimum atomic E-state index is -0.0903. The van der Waals surface area contributed by atoms with Gasteiger partial charge in [-0.25, -0.2) is 4.98 Å². The third-order valence-electron chi connectivity index (χ3n) is 4.24. The van der Waals surface area contributed by atoms with Gasteiger partial charge in [0.05, 0.1) is 16.4 Å². The number of nitrogens with zero attached hydrogens (tertiary/aromatic N) is 3. The van der Waals surface area contributed by atoms with Crippen LogP contribution in [0, 0.1) is 20.8 Å². The first-order valence-electron chi connectivity index (χ1n) is 8.35. The molecule has 0 saturated heterocycles. The minimum absolute atomic E-state index is 0.0903. The average molecular weight is 354 g/mol. The van der Waals surface area contributed by atoms with Crippen molar-refractivity contribution in [1.82, 2.24) is 20.1 Å². The predicted octanol–water partition coefficient (Wildman–Crippen LogP) is 3.88. The zero-order chi connectivity index (χ0) is 18.0. The lowest BCUT2D eigenvalue weighted by Crippen LogP contribution is -2.23. The van der Waals surface area contributed by atoms with Crippen LogP contribution in [0.2, 0.25) is 0 Å². The predicted molar refractivity (Wildman–Crippen MR) is 101 cm³/mol. The van der Waals surface area contributed by atoms with Crippen molar-refractivity contribution < 1.29 is 4.79 Å². The largest absolute Gasteiger partial charge is 0.347 e. The smallest absolute Gasteiger partial charge is 0.263 e. The van der Waals surface area contributed by atoms with E-state index in [9.17, 15) is 4.79 Å². The Morgan fingerprint density at radius 1 is 1.20 bits per heavy atom. The van der Waals surface area contributed by atoms with Crippen molar-refractivity contribution >= 4 is 17.2 Å². The van der Waals surface area contributed by atoms with Crippen LogP contribution in [0.3, 0.4) is 0 Å². The van der Waals surface area contributed by atoms with Crippen molar-refractivity contribution in [2.75, 3.05) is 0 Å². The molecule has 0 spiro atoms. The van der Waals surface area contributed by atoms with E-state index in [1.807, 2.05) is 55.8 Å². The van der Waals surface area contributed by atoms with Gasteiger partial charge in [-0.2, -0.15) is 5.10 Å². The SMILES string of the molecule is CCn1nc(C)c(CNC(=O)c2sc(C)nc2-c2ccccc2)c1C. The molecule has 130 valence electrons. The summed E-state index contributed by atoms with van der Waals surface area (Å²) in [5, 5.41) is 8.42. The second kappa shape index (κ2) is 7.19. The number of hydrogen-bond acceptors (Lipinski definition) is 4. The fraction of sp³-hybridized carbons (Fsp3) is 0.316. The number of nitrogens with one attached hydrogen (secondary N) is 1. The second-order valence-electron chi connectivity index (χ2n) is 5.92. The molecule has 1 amide bonds. The Bertz CT molecular complexity index is 896. The molecule has 0 fully saturated rings. The first kappa shape index (κ1) is 17.4. The van der Waals surface area contributed by atoms with Crippen LogP contribution in [0.25, 0.3) is 11.3 Å². The first-order chi connectivity index (χ1) is 12.0. The summed E-state index contributed by atoms with van der Waals surface area (Å²) < 4.78 is 1.96. The highest BCUT2D eigenvalue weighted by molar-refractivity contribution is 7.14. The summed E-state index contributed by atoms with van der Waals surface area (Å²) in [6.45, 7) is 9.31. The van der Waals surface area contributed by atoms with E-state index in [2.05, 4.69) is 22.3 Å². The highest BCUT2D eigenvalue weighted by Crippen LogP contribution is 2.28. The maximum atomic E-state index is 12.8. The van der Waals surface area contributed by atoms with Gasteiger partial charge >= 0.3 is 0 Å². The molecule has 3 aromatic rings. The Morgan fingerprint density at radius 2 is 1.92 bits per heavy atom. The van der Waals surface area contributed by atoms with Crippen LogP contribution >= 0.6 is 11.3 Å². The number of aryl methyl sites for hydroxylation is 3. The lowest BCUT2D eigenvalue weighted by atomic mass is 10.1. The van der Waals surface area contributed by atoms with Crippen molar-refractivity contribution in [3.8, 4) is 11.3 Å². The van der Waals surface area contributed by atoms with Gasteiger partial charge < -0.3 is 5.32 Å². The van der Waals surface area contributed by atoms with E-state index < -0.39 is 0 Å². The van der Waals surface area contributed by atoms with E-state index in [1.54, 1.807) is 0 Å². The molecule has 0 bridgehead atoms. The summed E-state index contributed by atoms with van der Waals surface area (Å²) >= 11 is 1.43. The molecule has 0 saturated carbocycles. The van der Waals surface area contributed by atoms with Crippen LogP contribution in [-0.4, -0.2) is 20.7 Å². The molecule has 3 rings (SSSR count). The van der Waals surface area contributed by atoms with Crippen LogP contribution in [-0.2, 0) is 13.1 Å². The van der Waals surface area contributed by atoms with Crippen molar-refractivity contribution in [1.29, 1.82) is 0 Å². The second-order valence-corrected chi connectivity index (χ2v) is 7.13. The molecule has 1 aromatic carbocycles. The van der Waals surface area contributed by atoms with Gasteiger partial charge in [0.25, 0.3) is 5.91 Å². The number of aromatic nitrogens is 3. The number of amides is 1. The van der Waals surface area contributed by atoms with Gasteiger partial charge in [0.2, 0.25) is 0 Å². The zero-order valence-corrected chi connectivity index (χ0v) is 15.8. The number of carbonyl (C=O) groups is 1. The summed E-state index contributed by atoms with van der Waals surface area (Å²) in [5.74, 6) is -0.0903. The quantitative estimate of drug-likeness (QED) is 0.756. The van der Waals surface area contributed by atoms with E-state index >= 15 is 0 Å². The van der Waals surface area contributed by atoms with Crippen LogP contribution in [0.5, 0.6) is 0 Å². The van der Waals surface area contributed by atoms with Crippen molar-refractivity contribution in [2.24, 2.45) is 0 Å². The Kier molecular flexibility index (Phi) is 4.99. The fourth-order valence-corrected chi connectivity index (χ4v) is 3.78. The maximum absolute atomic E-state index is 12.8. The van der Waals surface area contributed by atoms with Gasteiger partial charge in [0, 0.05) is 29.9 Å². The first-order valence-corrected chi connectivity index (χ1v) is 9.16. The molecule has 2 aromatic heterocycles.